The highest BCUT2D eigenvalue weighted by Crippen LogP contribution is 2.25. The Morgan fingerprint density at radius 2 is 1.93 bits per heavy atom. The maximum Gasteiger partial charge on any atom is 0.249 e. The molecule has 1 rings (SSSR count). The summed E-state index contributed by atoms with van der Waals surface area (Å²) >= 11 is 3.19. The van der Waals surface area contributed by atoms with Crippen LogP contribution in [0.25, 0.3) is 0 Å². The van der Waals surface area contributed by atoms with Gasteiger partial charge in [-0.2, -0.15) is 0 Å². The maximum absolute atomic E-state index is 10.6. The second-order valence-corrected chi connectivity index (χ2v) is 3.67. The zero-order valence-corrected chi connectivity index (χ0v) is 8.81. The Bertz CT molecular complexity index is 343. The SMILES string of the molecule is NC(=O)C(O)C(O)c1ccccc1Br. The van der Waals surface area contributed by atoms with Crippen molar-refractivity contribution in [2.45, 2.75) is 12.2 Å². The number of nitrogens with two attached hydrogens (primary N) is 1. The number of amides is 1. The summed E-state index contributed by atoms with van der Waals surface area (Å²) in [6, 6.07) is 6.75. The second kappa shape index (κ2) is 4.54. The van der Waals surface area contributed by atoms with Crippen LogP contribution in [0.2, 0.25) is 0 Å². The van der Waals surface area contributed by atoms with E-state index in [0.29, 0.717) is 10.0 Å². The van der Waals surface area contributed by atoms with Gasteiger partial charge in [-0.25, -0.2) is 0 Å². The Morgan fingerprint density at radius 1 is 1.36 bits per heavy atom. The highest BCUT2D eigenvalue weighted by molar-refractivity contribution is 9.10. The maximum atomic E-state index is 10.6. The van der Waals surface area contributed by atoms with Gasteiger partial charge in [0.15, 0.2) is 6.10 Å². The van der Waals surface area contributed by atoms with Gasteiger partial charge in [0, 0.05) is 4.47 Å². The molecule has 5 heteroatoms. The molecule has 0 saturated carbocycles. The number of benzene rings is 1. The molecule has 0 aromatic heterocycles. The number of carbonyl (C=O) groups is 1. The molecule has 0 bridgehead atoms. The average Bonchev–Trinajstić information content (AvgIpc) is 2.16. The second-order valence-electron chi connectivity index (χ2n) is 2.81. The van der Waals surface area contributed by atoms with Gasteiger partial charge < -0.3 is 15.9 Å². The summed E-state index contributed by atoms with van der Waals surface area (Å²) in [6.45, 7) is 0. The van der Waals surface area contributed by atoms with Gasteiger partial charge in [0.2, 0.25) is 5.91 Å². The third kappa shape index (κ3) is 2.31. The first-order valence-corrected chi connectivity index (χ1v) is 4.73. The van der Waals surface area contributed by atoms with Crippen molar-refractivity contribution in [1.82, 2.24) is 0 Å². The predicted molar refractivity (Wildman–Crippen MR) is 54.3 cm³/mol. The fourth-order valence-electron chi connectivity index (χ4n) is 1.04. The molecule has 0 fully saturated rings. The monoisotopic (exact) mass is 259 g/mol. The number of rotatable bonds is 3. The van der Waals surface area contributed by atoms with Crippen LogP contribution < -0.4 is 5.73 Å². The number of aliphatic hydroxyl groups is 2. The number of hydrogen-bond donors (Lipinski definition) is 3. The van der Waals surface area contributed by atoms with E-state index in [0.717, 1.165) is 0 Å². The number of primary amides is 1. The summed E-state index contributed by atoms with van der Waals surface area (Å²) in [6.07, 6.45) is -2.89. The van der Waals surface area contributed by atoms with Crippen molar-refractivity contribution in [2.75, 3.05) is 0 Å². The Labute approximate surface area is 89.5 Å². The van der Waals surface area contributed by atoms with E-state index in [9.17, 15) is 15.0 Å². The van der Waals surface area contributed by atoms with Crippen LogP contribution >= 0.6 is 15.9 Å². The molecule has 1 aromatic rings. The van der Waals surface area contributed by atoms with Gasteiger partial charge >= 0.3 is 0 Å². The number of halogens is 1. The molecular formula is C9H10BrNO3. The minimum Gasteiger partial charge on any atom is -0.385 e. The lowest BCUT2D eigenvalue weighted by Gasteiger charge is -2.16. The largest absolute Gasteiger partial charge is 0.385 e. The van der Waals surface area contributed by atoms with Crippen molar-refractivity contribution in [3.63, 3.8) is 0 Å². The molecule has 0 aliphatic rings. The van der Waals surface area contributed by atoms with E-state index in [1.807, 2.05) is 0 Å². The molecule has 1 aromatic carbocycles. The van der Waals surface area contributed by atoms with E-state index >= 15 is 0 Å². The van der Waals surface area contributed by atoms with Crippen LogP contribution in [0.4, 0.5) is 0 Å². The van der Waals surface area contributed by atoms with Gasteiger partial charge in [0.1, 0.15) is 6.10 Å². The van der Waals surface area contributed by atoms with Crippen molar-refractivity contribution < 1.29 is 15.0 Å². The minimum absolute atomic E-state index is 0.429. The molecule has 2 atom stereocenters. The van der Waals surface area contributed by atoms with Gasteiger partial charge in [0.05, 0.1) is 0 Å². The minimum atomic E-state index is -1.59. The van der Waals surface area contributed by atoms with Crippen LogP contribution in [-0.2, 0) is 4.79 Å². The lowest BCUT2D eigenvalue weighted by atomic mass is 10.0. The van der Waals surface area contributed by atoms with Crippen molar-refractivity contribution in [3.8, 4) is 0 Å². The van der Waals surface area contributed by atoms with Gasteiger partial charge in [0.25, 0.3) is 0 Å². The molecular weight excluding hydrogens is 250 g/mol. The van der Waals surface area contributed by atoms with E-state index in [1.54, 1.807) is 24.3 Å². The van der Waals surface area contributed by atoms with Crippen LogP contribution in [0, 0.1) is 0 Å². The number of aliphatic hydroxyl groups excluding tert-OH is 2. The third-order valence-corrected chi connectivity index (χ3v) is 2.54. The van der Waals surface area contributed by atoms with Gasteiger partial charge in [-0.15, -0.1) is 0 Å². The summed E-state index contributed by atoms with van der Waals surface area (Å²) in [5, 5.41) is 18.8. The normalized spacial score (nSPS) is 14.8. The van der Waals surface area contributed by atoms with Crippen molar-refractivity contribution in [3.05, 3.63) is 34.3 Å². The van der Waals surface area contributed by atoms with E-state index < -0.39 is 18.1 Å². The van der Waals surface area contributed by atoms with Crippen molar-refractivity contribution in [2.24, 2.45) is 5.73 Å². The highest BCUT2D eigenvalue weighted by atomic mass is 79.9. The molecule has 1 amide bonds. The molecule has 0 radical (unpaired) electrons. The predicted octanol–water partition coefficient (Wildman–Crippen LogP) is 0.329. The molecule has 14 heavy (non-hydrogen) atoms. The van der Waals surface area contributed by atoms with E-state index in [4.69, 9.17) is 5.73 Å². The zero-order chi connectivity index (χ0) is 10.7. The lowest BCUT2D eigenvalue weighted by molar-refractivity contribution is -0.132. The summed E-state index contributed by atoms with van der Waals surface area (Å²) in [7, 11) is 0. The Balaban J connectivity index is 2.94. The summed E-state index contributed by atoms with van der Waals surface area (Å²) in [5.74, 6) is -0.951. The van der Waals surface area contributed by atoms with Crippen molar-refractivity contribution >= 4 is 21.8 Å². The van der Waals surface area contributed by atoms with E-state index in [2.05, 4.69) is 15.9 Å². The van der Waals surface area contributed by atoms with Crippen LogP contribution in [0.1, 0.15) is 11.7 Å². The third-order valence-electron chi connectivity index (χ3n) is 1.81. The first-order valence-electron chi connectivity index (χ1n) is 3.94. The topological polar surface area (TPSA) is 83.6 Å². The highest BCUT2D eigenvalue weighted by Gasteiger charge is 2.24. The molecule has 0 spiro atoms. The van der Waals surface area contributed by atoms with Gasteiger partial charge in [-0.3, -0.25) is 4.79 Å². The molecule has 76 valence electrons. The Hall–Kier alpha value is -0.910. The average molecular weight is 260 g/mol. The standard InChI is InChI=1S/C9H10BrNO3/c10-6-4-2-1-3-5(6)7(12)8(13)9(11)14/h1-4,7-8,12-13H,(H2,11,14). The van der Waals surface area contributed by atoms with E-state index in [1.165, 1.54) is 0 Å². The smallest absolute Gasteiger partial charge is 0.249 e. The fourth-order valence-corrected chi connectivity index (χ4v) is 1.56. The van der Waals surface area contributed by atoms with Gasteiger partial charge in [-0.05, 0) is 11.6 Å². The zero-order valence-electron chi connectivity index (χ0n) is 7.22. The Morgan fingerprint density at radius 3 is 2.43 bits per heavy atom. The molecule has 0 saturated heterocycles. The van der Waals surface area contributed by atoms with Crippen LogP contribution in [-0.4, -0.2) is 22.2 Å². The van der Waals surface area contributed by atoms with Crippen LogP contribution in [0.15, 0.2) is 28.7 Å². The lowest BCUT2D eigenvalue weighted by Crippen LogP contribution is -2.33. The molecule has 4 N–H and O–H groups in total. The number of hydrogen-bond acceptors (Lipinski definition) is 3. The summed E-state index contributed by atoms with van der Waals surface area (Å²) in [5.41, 5.74) is 5.29. The molecule has 2 unspecified atom stereocenters. The van der Waals surface area contributed by atoms with E-state index in [-0.39, 0.29) is 0 Å². The molecule has 0 heterocycles. The van der Waals surface area contributed by atoms with Crippen molar-refractivity contribution in [1.29, 1.82) is 0 Å². The molecule has 0 aliphatic heterocycles. The first kappa shape index (κ1) is 11.2. The first-order chi connectivity index (χ1) is 6.54. The Kier molecular flexibility index (Phi) is 3.62. The molecule has 0 aliphatic carbocycles. The van der Waals surface area contributed by atoms with Crippen LogP contribution in [0.3, 0.4) is 0 Å². The summed E-state index contributed by atoms with van der Waals surface area (Å²) < 4.78 is 0.618. The quantitative estimate of drug-likeness (QED) is 0.732. The van der Waals surface area contributed by atoms with Crippen LogP contribution in [0.5, 0.6) is 0 Å². The molecule has 4 nitrogen and oxygen atoms in total. The summed E-state index contributed by atoms with van der Waals surface area (Å²) in [4.78, 5) is 10.6. The number of carbonyl (C=O) groups excluding carboxylic acids is 1. The van der Waals surface area contributed by atoms with Gasteiger partial charge in [-0.1, -0.05) is 34.1 Å². The fraction of sp³-hybridized carbons (Fsp3) is 0.222.